The summed E-state index contributed by atoms with van der Waals surface area (Å²) in [6.45, 7) is 9.68. The van der Waals surface area contributed by atoms with Crippen LogP contribution in [0.25, 0.3) is 0 Å². The summed E-state index contributed by atoms with van der Waals surface area (Å²) in [6, 6.07) is 6.08. The molecule has 0 fully saturated rings. The Labute approximate surface area is 104 Å². The molecule has 17 heavy (non-hydrogen) atoms. The second-order valence-electron chi connectivity index (χ2n) is 5.61. The van der Waals surface area contributed by atoms with Crippen molar-refractivity contribution in [2.24, 2.45) is 5.41 Å². The van der Waals surface area contributed by atoms with E-state index in [1.54, 1.807) is 0 Å². The third-order valence-corrected chi connectivity index (χ3v) is 3.19. The molecule has 1 aromatic heterocycles. The highest BCUT2D eigenvalue weighted by molar-refractivity contribution is 5.09. The maximum absolute atomic E-state index is 9.70. The van der Waals surface area contributed by atoms with Crippen molar-refractivity contribution in [3.8, 4) is 0 Å². The lowest BCUT2D eigenvalue weighted by Crippen LogP contribution is -2.38. The Morgan fingerprint density at radius 2 is 2.06 bits per heavy atom. The van der Waals surface area contributed by atoms with Gasteiger partial charge in [-0.15, -0.1) is 0 Å². The van der Waals surface area contributed by atoms with E-state index in [0.29, 0.717) is 0 Å². The van der Waals surface area contributed by atoms with Crippen molar-refractivity contribution in [3.05, 3.63) is 29.6 Å². The van der Waals surface area contributed by atoms with E-state index in [2.05, 4.69) is 30.8 Å². The molecule has 1 rings (SSSR count). The molecule has 0 aliphatic heterocycles. The van der Waals surface area contributed by atoms with Crippen molar-refractivity contribution in [2.45, 2.75) is 40.3 Å². The van der Waals surface area contributed by atoms with E-state index in [-0.39, 0.29) is 11.5 Å². The second kappa shape index (κ2) is 5.61. The van der Waals surface area contributed by atoms with Crippen LogP contribution in [0.2, 0.25) is 0 Å². The Hall–Kier alpha value is -0.930. The quantitative estimate of drug-likeness (QED) is 0.851. The van der Waals surface area contributed by atoms with E-state index >= 15 is 0 Å². The Morgan fingerprint density at radius 3 is 2.59 bits per heavy atom. The van der Waals surface area contributed by atoms with Crippen LogP contribution < -0.4 is 0 Å². The predicted molar refractivity (Wildman–Crippen MR) is 70.8 cm³/mol. The maximum Gasteiger partial charge on any atom is 0.0575 e. The molecule has 1 heterocycles. The van der Waals surface area contributed by atoms with Crippen LogP contribution in [0.15, 0.2) is 18.2 Å². The van der Waals surface area contributed by atoms with Crippen molar-refractivity contribution < 1.29 is 5.11 Å². The average Bonchev–Trinajstić information content (AvgIpc) is 2.15. The number of pyridine rings is 1. The van der Waals surface area contributed by atoms with Crippen LogP contribution in [-0.2, 0) is 6.54 Å². The first kappa shape index (κ1) is 14.1. The van der Waals surface area contributed by atoms with Crippen LogP contribution in [0, 0.1) is 12.3 Å². The molecule has 0 aromatic carbocycles. The van der Waals surface area contributed by atoms with Gasteiger partial charge in [-0.05, 0) is 33.0 Å². The Morgan fingerprint density at radius 1 is 1.41 bits per heavy atom. The number of hydrogen-bond acceptors (Lipinski definition) is 3. The Bertz CT molecular complexity index is 361. The van der Waals surface area contributed by atoms with Crippen molar-refractivity contribution in [2.75, 3.05) is 13.6 Å². The zero-order chi connectivity index (χ0) is 13.1. The van der Waals surface area contributed by atoms with Crippen LogP contribution in [0.3, 0.4) is 0 Å². The molecule has 0 saturated carbocycles. The largest absolute Gasteiger partial charge is 0.393 e. The Balaban J connectivity index is 2.58. The van der Waals surface area contributed by atoms with Gasteiger partial charge in [0.2, 0.25) is 0 Å². The summed E-state index contributed by atoms with van der Waals surface area (Å²) < 4.78 is 0. The van der Waals surface area contributed by atoms with Gasteiger partial charge in [0.05, 0.1) is 11.8 Å². The van der Waals surface area contributed by atoms with E-state index in [9.17, 15) is 5.11 Å². The van der Waals surface area contributed by atoms with Crippen LogP contribution in [-0.4, -0.2) is 34.7 Å². The van der Waals surface area contributed by atoms with E-state index in [1.165, 1.54) is 0 Å². The number of rotatable bonds is 5. The summed E-state index contributed by atoms with van der Waals surface area (Å²) in [5, 5.41) is 9.70. The van der Waals surface area contributed by atoms with E-state index in [0.717, 1.165) is 24.5 Å². The molecule has 1 aromatic rings. The van der Waals surface area contributed by atoms with Gasteiger partial charge >= 0.3 is 0 Å². The minimum Gasteiger partial charge on any atom is -0.393 e. The first-order chi connectivity index (χ1) is 7.81. The second-order valence-corrected chi connectivity index (χ2v) is 5.61. The topological polar surface area (TPSA) is 36.4 Å². The number of aliphatic hydroxyl groups excluding tert-OH is 1. The predicted octanol–water partition coefficient (Wildman–Crippen LogP) is 2.23. The minimum absolute atomic E-state index is 0.0986. The van der Waals surface area contributed by atoms with Gasteiger partial charge in [-0.25, -0.2) is 0 Å². The van der Waals surface area contributed by atoms with Gasteiger partial charge in [0.1, 0.15) is 0 Å². The van der Waals surface area contributed by atoms with Gasteiger partial charge in [0.15, 0.2) is 0 Å². The standard InChI is InChI=1S/C14H24N2O/c1-11-7-6-8-13(15-11)9-16(5)10-14(3,4)12(2)17/h6-8,12,17H,9-10H2,1-5H3. The van der Waals surface area contributed by atoms with E-state index in [1.807, 2.05) is 32.0 Å². The molecule has 3 nitrogen and oxygen atoms in total. The first-order valence-electron chi connectivity index (χ1n) is 6.10. The minimum atomic E-state index is -0.310. The lowest BCUT2D eigenvalue weighted by molar-refractivity contribution is 0.0389. The third kappa shape index (κ3) is 4.44. The van der Waals surface area contributed by atoms with Crippen LogP contribution in [0.5, 0.6) is 0 Å². The summed E-state index contributed by atoms with van der Waals surface area (Å²) >= 11 is 0. The lowest BCUT2D eigenvalue weighted by Gasteiger charge is -2.32. The van der Waals surface area contributed by atoms with Crippen molar-refractivity contribution in [1.82, 2.24) is 9.88 Å². The van der Waals surface area contributed by atoms with Crippen LogP contribution >= 0.6 is 0 Å². The fourth-order valence-corrected chi connectivity index (χ4v) is 1.85. The number of aryl methyl sites for hydroxylation is 1. The number of hydrogen-bond donors (Lipinski definition) is 1. The van der Waals surface area contributed by atoms with Crippen molar-refractivity contribution >= 4 is 0 Å². The van der Waals surface area contributed by atoms with Gasteiger partial charge in [-0.2, -0.15) is 0 Å². The molecule has 1 N–H and O–H groups in total. The van der Waals surface area contributed by atoms with Gasteiger partial charge in [0, 0.05) is 24.2 Å². The third-order valence-electron chi connectivity index (χ3n) is 3.19. The summed E-state index contributed by atoms with van der Waals surface area (Å²) in [6.07, 6.45) is -0.310. The van der Waals surface area contributed by atoms with E-state index < -0.39 is 0 Å². The molecule has 1 atom stereocenters. The van der Waals surface area contributed by atoms with Gasteiger partial charge < -0.3 is 5.11 Å². The monoisotopic (exact) mass is 236 g/mol. The molecule has 0 aliphatic carbocycles. The van der Waals surface area contributed by atoms with Crippen LogP contribution in [0.4, 0.5) is 0 Å². The molecule has 3 heteroatoms. The Kier molecular flexibility index (Phi) is 4.66. The smallest absolute Gasteiger partial charge is 0.0575 e. The summed E-state index contributed by atoms with van der Waals surface area (Å²) in [5.41, 5.74) is 2.03. The highest BCUT2D eigenvalue weighted by atomic mass is 16.3. The lowest BCUT2D eigenvalue weighted by atomic mass is 9.87. The molecule has 0 saturated heterocycles. The fraction of sp³-hybridized carbons (Fsp3) is 0.643. The zero-order valence-electron chi connectivity index (χ0n) is 11.6. The number of nitrogens with zero attached hydrogens (tertiary/aromatic N) is 2. The molecule has 0 amide bonds. The highest BCUT2D eigenvalue weighted by Crippen LogP contribution is 2.21. The zero-order valence-corrected chi connectivity index (χ0v) is 11.6. The van der Waals surface area contributed by atoms with Gasteiger partial charge in [-0.3, -0.25) is 9.88 Å². The maximum atomic E-state index is 9.70. The molecule has 1 unspecified atom stereocenters. The fourth-order valence-electron chi connectivity index (χ4n) is 1.85. The van der Waals surface area contributed by atoms with Gasteiger partial charge in [0.25, 0.3) is 0 Å². The summed E-state index contributed by atoms with van der Waals surface area (Å²) in [4.78, 5) is 6.69. The molecule has 96 valence electrons. The number of aliphatic hydroxyl groups is 1. The molecular formula is C14H24N2O. The van der Waals surface area contributed by atoms with E-state index in [4.69, 9.17) is 0 Å². The van der Waals surface area contributed by atoms with Gasteiger partial charge in [-0.1, -0.05) is 19.9 Å². The molecule has 0 radical (unpaired) electrons. The highest BCUT2D eigenvalue weighted by Gasteiger charge is 2.25. The molecule has 0 spiro atoms. The molecule has 0 bridgehead atoms. The normalized spacial score (nSPS) is 14.1. The van der Waals surface area contributed by atoms with Crippen LogP contribution in [0.1, 0.15) is 32.2 Å². The number of aromatic nitrogens is 1. The summed E-state index contributed by atoms with van der Waals surface area (Å²) in [7, 11) is 2.06. The van der Waals surface area contributed by atoms with Crippen molar-refractivity contribution in [3.63, 3.8) is 0 Å². The molecule has 0 aliphatic rings. The average molecular weight is 236 g/mol. The van der Waals surface area contributed by atoms with Crippen molar-refractivity contribution in [1.29, 1.82) is 0 Å². The molecular weight excluding hydrogens is 212 g/mol. The SMILES string of the molecule is Cc1cccc(CN(C)CC(C)(C)C(C)O)n1. The summed E-state index contributed by atoms with van der Waals surface area (Å²) in [5.74, 6) is 0. The first-order valence-corrected chi connectivity index (χ1v) is 6.10.